The zero-order chi connectivity index (χ0) is 23.0. The van der Waals surface area contributed by atoms with Crippen LogP contribution in [0.5, 0.6) is 0 Å². The summed E-state index contributed by atoms with van der Waals surface area (Å²) in [6.45, 7) is 9.48. The lowest BCUT2D eigenvalue weighted by atomic mass is 9.68. The highest BCUT2D eigenvalue weighted by Gasteiger charge is 2.31. The number of nitrogens with zero attached hydrogens (tertiary/aromatic N) is 1. The molecule has 0 aromatic heterocycles. The van der Waals surface area contributed by atoms with Gasteiger partial charge in [0.05, 0.1) is 0 Å². The van der Waals surface area contributed by atoms with E-state index >= 15 is 0 Å². The third kappa shape index (κ3) is 6.51. The molecule has 168 valence electrons. The normalized spacial score (nSPS) is 19.4. The van der Waals surface area contributed by atoms with Crippen LogP contribution in [0.1, 0.15) is 57.7 Å². The number of allylic oxidation sites excluding steroid dienone is 4. The van der Waals surface area contributed by atoms with Gasteiger partial charge in [-0.15, -0.1) is 0 Å². The number of amides is 1. The molecule has 1 amide bonds. The number of rotatable bonds is 8. The molecule has 0 unspecified atom stereocenters. The second kappa shape index (κ2) is 11.1. The van der Waals surface area contributed by atoms with E-state index in [2.05, 4.69) is 48.8 Å². The van der Waals surface area contributed by atoms with E-state index in [9.17, 15) is 4.79 Å². The van der Waals surface area contributed by atoms with Gasteiger partial charge in [0.1, 0.15) is 6.04 Å². The summed E-state index contributed by atoms with van der Waals surface area (Å²) in [5.74, 6) is 0.216. The molecule has 32 heavy (non-hydrogen) atoms. The molecule has 0 bridgehead atoms. The molecule has 2 N–H and O–H groups in total. The van der Waals surface area contributed by atoms with Crippen molar-refractivity contribution in [1.82, 2.24) is 10.7 Å². The predicted octanol–water partition coefficient (Wildman–Crippen LogP) is 5.95. The van der Waals surface area contributed by atoms with Crippen LogP contribution in [0, 0.1) is 11.3 Å². The smallest absolute Gasteiger partial charge is 0.261 e. The van der Waals surface area contributed by atoms with Crippen LogP contribution in [-0.4, -0.2) is 12.1 Å². The molecule has 0 saturated carbocycles. The minimum atomic E-state index is -0.486. The second-order valence-electron chi connectivity index (χ2n) is 9.31. The first-order valence-corrected chi connectivity index (χ1v) is 11.4. The topological polar surface area (TPSA) is 53.5 Å². The minimum Gasteiger partial charge on any atom is -0.298 e. The molecular weight excluding hydrogens is 394 g/mol. The van der Waals surface area contributed by atoms with Crippen LogP contribution >= 0.6 is 0 Å². The largest absolute Gasteiger partial charge is 0.298 e. The van der Waals surface area contributed by atoms with E-state index in [0.29, 0.717) is 12.5 Å². The second-order valence-corrected chi connectivity index (χ2v) is 9.31. The number of hydrazone groups is 1. The highest BCUT2D eigenvalue weighted by atomic mass is 16.2. The van der Waals surface area contributed by atoms with Crippen molar-refractivity contribution in [2.45, 2.75) is 53.1 Å². The Bertz CT molecular complexity index is 974. The van der Waals surface area contributed by atoms with Crippen molar-refractivity contribution in [3.63, 3.8) is 0 Å². The number of hydrogen-bond donors (Lipinski definition) is 2. The van der Waals surface area contributed by atoms with Gasteiger partial charge in [0, 0.05) is 18.7 Å². The quantitative estimate of drug-likeness (QED) is 0.310. The Hall–Kier alpha value is -2.98. The van der Waals surface area contributed by atoms with Gasteiger partial charge in [-0.1, -0.05) is 92.2 Å². The molecule has 0 spiro atoms. The summed E-state index contributed by atoms with van der Waals surface area (Å²) in [6.07, 6.45) is 8.67. The van der Waals surface area contributed by atoms with Gasteiger partial charge >= 0.3 is 0 Å². The number of nitrogens with one attached hydrogen (secondary N) is 2. The predicted molar refractivity (Wildman–Crippen MR) is 133 cm³/mol. The molecule has 1 aliphatic rings. The average molecular weight is 430 g/mol. The first kappa shape index (κ1) is 23.7. The van der Waals surface area contributed by atoms with E-state index < -0.39 is 6.04 Å². The molecule has 2 aromatic rings. The van der Waals surface area contributed by atoms with Crippen LogP contribution < -0.4 is 10.7 Å². The summed E-state index contributed by atoms with van der Waals surface area (Å²) < 4.78 is 0. The number of carbonyl (C=O) groups is 1. The zero-order valence-electron chi connectivity index (χ0n) is 19.6. The average Bonchev–Trinajstić information content (AvgIpc) is 2.78. The maximum Gasteiger partial charge on any atom is 0.261 e. The Kier molecular flexibility index (Phi) is 8.18. The third-order valence-electron chi connectivity index (χ3n) is 6.21. The molecule has 0 heterocycles. The summed E-state index contributed by atoms with van der Waals surface area (Å²) in [5.41, 5.74) is 7.46. The van der Waals surface area contributed by atoms with Gasteiger partial charge in [-0.2, -0.15) is 5.10 Å². The number of hydrogen-bond acceptors (Lipinski definition) is 3. The van der Waals surface area contributed by atoms with Crippen molar-refractivity contribution in [3.05, 3.63) is 95.1 Å². The van der Waals surface area contributed by atoms with Crippen LogP contribution in [0.15, 0.2) is 89.1 Å². The van der Waals surface area contributed by atoms with Gasteiger partial charge in [0.2, 0.25) is 0 Å². The molecule has 0 fully saturated rings. The van der Waals surface area contributed by atoms with Crippen molar-refractivity contribution >= 4 is 12.1 Å². The molecule has 0 saturated heterocycles. The highest BCUT2D eigenvalue weighted by Crippen LogP contribution is 2.41. The van der Waals surface area contributed by atoms with Crippen LogP contribution in [0.4, 0.5) is 0 Å². The van der Waals surface area contributed by atoms with Gasteiger partial charge in [0.15, 0.2) is 0 Å². The molecule has 3 rings (SSSR count). The van der Waals surface area contributed by atoms with Gasteiger partial charge in [-0.05, 0) is 48.8 Å². The molecule has 4 heteroatoms. The fourth-order valence-electron chi connectivity index (χ4n) is 4.32. The fraction of sp³-hybridized carbons (Fsp3) is 0.357. The van der Waals surface area contributed by atoms with E-state index in [0.717, 1.165) is 23.1 Å². The fourth-order valence-corrected chi connectivity index (χ4v) is 4.32. The number of carbonyl (C=O) groups excluding carboxylic acids is 1. The van der Waals surface area contributed by atoms with Crippen LogP contribution in [0.25, 0.3) is 0 Å². The first-order chi connectivity index (χ1) is 15.4. The Morgan fingerprint density at radius 1 is 1.12 bits per heavy atom. The highest BCUT2D eigenvalue weighted by molar-refractivity contribution is 5.85. The first-order valence-electron chi connectivity index (χ1n) is 11.4. The lowest BCUT2D eigenvalue weighted by Crippen LogP contribution is -2.35. The maximum absolute atomic E-state index is 13.0. The molecule has 2 aromatic carbocycles. The van der Waals surface area contributed by atoms with E-state index in [4.69, 9.17) is 0 Å². The SMILES string of the molecule is CC1=CCCC(C)(C)[C@H]1/C=C(\C)C=NNC(=O)[C@H](NCc1ccccc1)c1ccccc1. The van der Waals surface area contributed by atoms with Gasteiger partial charge in [0.25, 0.3) is 5.91 Å². The minimum absolute atomic E-state index is 0.176. The third-order valence-corrected chi connectivity index (χ3v) is 6.21. The Labute approximate surface area is 192 Å². The van der Waals surface area contributed by atoms with E-state index in [1.54, 1.807) is 6.21 Å². The van der Waals surface area contributed by atoms with E-state index in [1.807, 2.05) is 67.6 Å². The van der Waals surface area contributed by atoms with Gasteiger partial charge in [-0.3, -0.25) is 10.1 Å². The summed E-state index contributed by atoms with van der Waals surface area (Å²) in [7, 11) is 0. The Balaban J connectivity index is 1.67. The van der Waals surface area contributed by atoms with E-state index in [-0.39, 0.29) is 11.3 Å². The Morgan fingerprint density at radius 3 is 2.44 bits per heavy atom. The van der Waals surface area contributed by atoms with Crippen molar-refractivity contribution in [3.8, 4) is 0 Å². The van der Waals surface area contributed by atoms with Crippen molar-refractivity contribution < 1.29 is 4.79 Å². The molecule has 0 aliphatic heterocycles. The summed E-state index contributed by atoms with van der Waals surface area (Å²) in [5, 5.41) is 7.62. The molecule has 4 nitrogen and oxygen atoms in total. The summed E-state index contributed by atoms with van der Waals surface area (Å²) >= 11 is 0. The standard InChI is InChI=1S/C28H35N3O/c1-21(18-25-22(2)12-11-17-28(25,3)4)19-30-31-27(32)26(24-15-9-6-10-16-24)29-20-23-13-7-5-8-14-23/h5-10,12-16,18-19,25-26,29H,11,17,20H2,1-4H3,(H,31,32)/b21-18+,30-19?/t25-,26+/m0/s1. The molecule has 1 aliphatic carbocycles. The van der Waals surface area contributed by atoms with Gasteiger partial charge < -0.3 is 0 Å². The van der Waals surface area contributed by atoms with E-state index in [1.165, 1.54) is 12.0 Å². The van der Waals surface area contributed by atoms with Crippen molar-refractivity contribution in [2.24, 2.45) is 16.4 Å². The maximum atomic E-state index is 13.0. The lowest BCUT2D eigenvalue weighted by Gasteiger charge is -2.37. The van der Waals surface area contributed by atoms with Crippen molar-refractivity contribution in [2.75, 3.05) is 0 Å². The molecular formula is C28H35N3O. The lowest BCUT2D eigenvalue weighted by molar-refractivity contribution is -0.123. The van der Waals surface area contributed by atoms with Crippen LogP contribution in [0.2, 0.25) is 0 Å². The molecule has 2 atom stereocenters. The summed E-state index contributed by atoms with van der Waals surface area (Å²) in [4.78, 5) is 13.0. The van der Waals surface area contributed by atoms with Gasteiger partial charge in [-0.25, -0.2) is 5.43 Å². The summed E-state index contributed by atoms with van der Waals surface area (Å²) in [6, 6.07) is 19.3. The van der Waals surface area contributed by atoms with Crippen LogP contribution in [0.3, 0.4) is 0 Å². The number of benzene rings is 2. The van der Waals surface area contributed by atoms with Crippen LogP contribution in [-0.2, 0) is 11.3 Å². The molecule has 0 radical (unpaired) electrons. The zero-order valence-corrected chi connectivity index (χ0v) is 19.6. The monoisotopic (exact) mass is 429 g/mol. The van der Waals surface area contributed by atoms with Crippen molar-refractivity contribution in [1.29, 1.82) is 0 Å². The Morgan fingerprint density at radius 2 is 1.78 bits per heavy atom.